The molecule has 0 spiro atoms. The molecule has 2 aliphatic rings. The highest BCUT2D eigenvalue weighted by Gasteiger charge is 2.25. The van der Waals surface area contributed by atoms with Crippen molar-refractivity contribution in [3.8, 4) is 0 Å². The van der Waals surface area contributed by atoms with E-state index in [1.54, 1.807) is 25.7 Å². The molecule has 0 amide bonds. The van der Waals surface area contributed by atoms with Crippen LogP contribution in [0.4, 0.5) is 0 Å². The van der Waals surface area contributed by atoms with Crippen LogP contribution in [0.25, 0.3) is 0 Å². The molecule has 0 bridgehead atoms. The predicted octanol–water partition coefficient (Wildman–Crippen LogP) is 4.00. The molecule has 12 heavy (non-hydrogen) atoms. The third-order valence-corrected chi connectivity index (χ3v) is 3.93. The fraction of sp³-hybridized carbons (Fsp3) is 1.00. The number of rotatable bonds is 3. The van der Waals surface area contributed by atoms with Gasteiger partial charge in [-0.3, -0.25) is 0 Å². The van der Waals surface area contributed by atoms with Crippen LogP contribution in [0, 0.1) is 17.8 Å². The van der Waals surface area contributed by atoms with E-state index in [2.05, 4.69) is 6.92 Å². The highest BCUT2D eigenvalue weighted by molar-refractivity contribution is 4.78. The third-order valence-electron chi connectivity index (χ3n) is 3.93. The van der Waals surface area contributed by atoms with Crippen molar-refractivity contribution in [2.24, 2.45) is 17.8 Å². The van der Waals surface area contributed by atoms with Gasteiger partial charge in [0.2, 0.25) is 0 Å². The molecule has 70 valence electrons. The first-order chi connectivity index (χ1) is 5.86. The van der Waals surface area contributed by atoms with Crippen molar-refractivity contribution < 1.29 is 0 Å². The van der Waals surface area contributed by atoms with Crippen molar-refractivity contribution in [1.29, 1.82) is 0 Å². The van der Waals surface area contributed by atoms with E-state index >= 15 is 0 Å². The van der Waals surface area contributed by atoms with Crippen LogP contribution in [-0.2, 0) is 0 Å². The van der Waals surface area contributed by atoms with Crippen LogP contribution in [0.1, 0.15) is 58.3 Å². The smallest absolute Gasteiger partial charge is 0.0388 e. The molecule has 0 aromatic rings. The Labute approximate surface area is 76.7 Å². The van der Waals surface area contributed by atoms with E-state index in [1.807, 2.05) is 0 Å². The SMILES string of the molecule is CC1CCCCC1CCC1CC1. The standard InChI is InChI=1S/C12H22/c1-10-4-2-3-5-12(10)9-8-11-6-7-11/h10-12H,2-9H2,1H3. The Hall–Kier alpha value is 0. The van der Waals surface area contributed by atoms with Gasteiger partial charge in [-0.2, -0.15) is 0 Å². The molecule has 0 aromatic heterocycles. The molecule has 0 radical (unpaired) electrons. The number of hydrogen-bond acceptors (Lipinski definition) is 0. The molecule has 2 unspecified atom stereocenters. The second kappa shape index (κ2) is 3.81. The van der Waals surface area contributed by atoms with Gasteiger partial charge < -0.3 is 0 Å². The monoisotopic (exact) mass is 166 g/mol. The average molecular weight is 166 g/mol. The Kier molecular flexibility index (Phi) is 2.73. The maximum absolute atomic E-state index is 2.47. The molecular formula is C12H22. The lowest BCUT2D eigenvalue weighted by Gasteiger charge is -2.28. The van der Waals surface area contributed by atoms with Gasteiger partial charge in [-0.1, -0.05) is 51.9 Å². The van der Waals surface area contributed by atoms with E-state index in [4.69, 9.17) is 0 Å². The van der Waals surface area contributed by atoms with Gasteiger partial charge in [0.1, 0.15) is 0 Å². The van der Waals surface area contributed by atoms with E-state index < -0.39 is 0 Å². The molecule has 0 aromatic carbocycles. The van der Waals surface area contributed by atoms with E-state index in [1.165, 1.54) is 25.7 Å². The van der Waals surface area contributed by atoms with Crippen molar-refractivity contribution in [3.05, 3.63) is 0 Å². The van der Waals surface area contributed by atoms with Crippen LogP contribution in [0.15, 0.2) is 0 Å². The summed E-state index contributed by atoms with van der Waals surface area (Å²) in [7, 11) is 0. The molecule has 0 heteroatoms. The zero-order valence-electron chi connectivity index (χ0n) is 8.39. The summed E-state index contributed by atoms with van der Waals surface area (Å²) in [5, 5.41) is 0. The van der Waals surface area contributed by atoms with Gasteiger partial charge in [0.15, 0.2) is 0 Å². The summed E-state index contributed by atoms with van der Waals surface area (Å²) in [6.07, 6.45) is 12.2. The first kappa shape index (κ1) is 8.59. The molecule has 0 saturated heterocycles. The van der Waals surface area contributed by atoms with Gasteiger partial charge in [-0.15, -0.1) is 0 Å². The Morgan fingerprint density at radius 3 is 2.33 bits per heavy atom. The van der Waals surface area contributed by atoms with Crippen LogP contribution in [0.3, 0.4) is 0 Å². The van der Waals surface area contributed by atoms with Gasteiger partial charge in [-0.25, -0.2) is 0 Å². The molecule has 0 nitrogen and oxygen atoms in total. The van der Waals surface area contributed by atoms with E-state index in [0.717, 1.165) is 17.8 Å². The van der Waals surface area contributed by atoms with E-state index in [0.29, 0.717) is 0 Å². The minimum atomic E-state index is 1.04. The quantitative estimate of drug-likeness (QED) is 0.594. The summed E-state index contributed by atoms with van der Waals surface area (Å²) < 4.78 is 0. The van der Waals surface area contributed by atoms with Gasteiger partial charge in [-0.05, 0) is 24.2 Å². The fourth-order valence-electron chi connectivity index (χ4n) is 2.68. The van der Waals surface area contributed by atoms with E-state index in [9.17, 15) is 0 Å². The van der Waals surface area contributed by atoms with Crippen LogP contribution >= 0.6 is 0 Å². The molecule has 2 atom stereocenters. The lowest BCUT2D eigenvalue weighted by molar-refractivity contribution is 0.235. The minimum absolute atomic E-state index is 1.04. The Balaban J connectivity index is 1.68. The lowest BCUT2D eigenvalue weighted by Crippen LogP contribution is -2.16. The van der Waals surface area contributed by atoms with Gasteiger partial charge in [0.25, 0.3) is 0 Å². The minimum Gasteiger partial charge on any atom is -0.0622 e. The summed E-state index contributed by atoms with van der Waals surface area (Å²) in [4.78, 5) is 0. The normalized spacial score (nSPS) is 36.8. The molecule has 0 aliphatic heterocycles. The molecule has 2 aliphatic carbocycles. The molecule has 0 N–H and O–H groups in total. The summed E-state index contributed by atoms with van der Waals surface area (Å²) in [5.41, 5.74) is 0. The van der Waals surface area contributed by atoms with Crippen molar-refractivity contribution >= 4 is 0 Å². The first-order valence-electron chi connectivity index (χ1n) is 5.86. The van der Waals surface area contributed by atoms with E-state index in [-0.39, 0.29) is 0 Å². The largest absolute Gasteiger partial charge is 0.0622 e. The Morgan fingerprint density at radius 2 is 1.67 bits per heavy atom. The van der Waals surface area contributed by atoms with Gasteiger partial charge >= 0.3 is 0 Å². The zero-order valence-corrected chi connectivity index (χ0v) is 8.39. The maximum Gasteiger partial charge on any atom is -0.0388 e. The summed E-state index contributed by atoms with van der Waals surface area (Å²) >= 11 is 0. The summed E-state index contributed by atoms with van der Waals surface area (Å²) in [6, 6.07) is 0. The average Bonchev–Trinajstić information content (AvgIpc) is 2.86. The predicted molar refractivity (Wildman–Crippen MR) is 53.1 cm³/mol. The zero-order chi connectivity index (χ0) is 8.39. The molecule has 2 saturated carbocycles. The fourth-order valence-corrected chi connectivity index (χ4v) is 2.68. The highest BCUT2D eigenvalue weighted by atomic mass is 14.3. The van der Waals surface area contributed by atoms with Crippen molar-refractivity contribution in [3.63, 3.8) is 0 Å². The van der Waals surface area contributed by atoms with Crippen LogP contribution in [0.5, 0.6) is 0 Å². The van der Waals surface area contributed by atoms with Crippen molar-refractivity contribution in [2.45, 2.75) is 58.3 Å². The molecule has 2 rings (SSSR count). The second-order valence-corrected chi connectivity index (χ2v) is 5.04. The van der Waals surface area contributed by atoms with Crippen LogP contribution in [-0.4, -0.2) is 0 Å². The summed E-state index contributed by atoms with van der Waals surface area (Å²) in [5.74, 6) is 3.29. The molecular weight excluding hydrogens is 144 g/mol. The Morgan fingerprint density at radius 1 is 0.917 bits per heavy atom. The second-order valence-electron chi connectivity index (χ2n) is 5.04. The highest BCUT2D eigenvalue weighted by Crippen LogP contribution is 2.39. The van der Waals surface area contributed by atoms with Crippen molar-refractivity contribution in [1.82, 2.24) is 0 Å². The van der Waals surface area contributed by atoms with Gasteiger partial charge in [0, 0.05) is 0 Å². The Bertz CT molecular complexity index is 135. The van der Waals surface area contributed by atoms with Gasteiger partial charge in [0.05, 0.1) is 0 Å². The van der Waals surface area contributed by atoms with Crippen molar-refractivity contribution in [2.75, 3.05) is 0 Å². The van der Waals surface area contributed by atoms with Crippen LogP contribution in [0.2, 0.25) is 0 Å². The van der Waals surface area contributed by atoms with Crippen LogP contribution < -0.4 is 0 Å². The first-order valence-corrected chi connectivity index (χ1v) is 5.86. The topological polar surface area (TPSA) is 0 Å². The third kappa shape index (κ3) is 2.24. The summed E-state index contributed by atoms with van der Waals surface area (Å²) in [6.45, 7) is 2.47. The number of hydrogen-bond donors (Lipinski definition) is 0. The maximum atomic E-state index is 2.47. The molecule has 2 fully saturated rings. The molecule has 0 heterocycles. The lowest BCUT2D eigenvalue weighted by atomic mass is 9.78.